The molecule has 0 unspecified atom stereocenters. The second kappa shape index (κ2) is 10.4. The highest BCUT2D eigenvalue weighted by Gasteiger charge is 2.42. The van der Waals surface area contributed by atoms with Gasteiger partial charge in [0.05, 0.1) is 13.0 Å². The molecule has 0 saturated heterocycles. The van der Waals surface area contributed by atoms with Gasteiger partial charge in [0, 0.05) is 12.0 Å². The van der Waals surface area contributed by atoms with Crippen LogP contribution in [0.25, 0.3) is 11.1 Å². The van der Waals surface area contributed by atoms with E-state index < -0.39 is 42.4 Å². The lowest BCUT2D eigenvalue weighted by Crippen LogP contribution is -2.53. The molecule has 35 heavy (non-hydrogen) atoms. The number of alkyl carbamates (subject to hydrolysis) is 1. The zero-order chi connectivity index (χ0) is 25.0. The van der Waals surface area contributed by atoms with E-state index in [4.69, 9.17) is 9.84 Å². The molecule has 2 aromatic carbocycles. The van der Waals surface area contributed by atoms with Crippen molar-refractivity contribution in [1.29, 1.82) is 0 Å². The lowest BCUT2D eigenvalue weighted by Gasteiger charge is -2.32. The van der Waals surface area contributed by atoms with E-state index in [9.17, 15) is 23.2 Å². The summed E-state index contributed by atoms with van der Waals surface area (Å²) in [6.07, 6.45) is 1.30. The SMILES string of the molecule is O=C(O)C[C@H]1CCCC[C@H]1NC(=O)C(F)(F)CNC(=O)OCC1c2ccccc2-c2ccccc21. The van der Waals surface area contributed by atoms with Gasteiger partial charge in [0.2, 0.25) is 0 Å². The Kier molecular flexibility index (Phi) is 7.33. The van der Waals surface area contributed by atoms with Crippen molar-refractivity contribution in [2.75, 3.05) is 13.2 Å². The molecule has 3 N–H and O–H groups in total. The molecule has 2 aliphatic rings. The van der Waals surface area contributed by atoms with Gasteiger partial charge in [-0.05, 0) is 41.0 Å². The summed E-state index contributed by atoms with van der Waals surface area (Å²) in [5.41, 5.74) is 4.08. The minimum absolute atomic E-state index is 0.0312. The number of benzene rings is 2. The van der Waals surface area contributed by atoms with Crippen molar-refractivity contribution in [3.63, 3.8) is 0 Å². The Hall–Kier alpha value is -3.49. The summed E-state index contributed by atoms with van der Waals surface area (Å²) in [7, 11) is 0. The van der Waals surface area contributed by atoms with Crippen molar-refractivity contribution in [3.8, 4) is 11.1 Å². The summed E-state index contributed by atoms with van der Waals surface area (Å²) in [6.45, 7) is -1.25. The number of nitrogens with one attached hydrogen (secondary N) is 2. The topological polar surface area (TPSA) is 105 Å². The molecule has 186 valence electrons. The van der Waals surface area contributed by atoms with E-state index in [-0.39, 0.29) is 18.9 Å². The first-order valence-electron chi connectivity index (χ1n) is 11.8. The molecule has 0 aliphatic heterocycles. The van der Waals surface area contributed by atoms with E-state index in [2.05, 4.69) is 5.32 Å². The predicted octanol–water partition coefficient (Wildman–Crippen LogP) is 4.31. The highest BCUT2D eigenvalue weighted by Crippen LogP contribution is 2.44. The van der Waals surface area contributed by atoms with Gasteiger partial charge < -0.3 is 20.5 Å². The van der Waals surface area contributed by atoms with Crippen LogP contribution in [0.4, 0.5) is 13.6 Å². The number of halogens is 2. The number of ether oxygens (including phenoxy) is 1. The predicted molar refractivity (Wildman–Crippen MR) is 124 cm³/mol. The number of carbonyl (C=O) groups is 3. The van der Waals surface area contributed by atoms with Crippen molar-refractivity contribution in [2.45, 2.75) is 50.0 Å². The second-order valence-electron chi connectivity index (χ2n) is 9.11. The molecule has 4 rings (SSSR count). The van der Waals surface area contributed by atoms with Crippen LogP contribution >= 0.6 is 0 Å². The molecule has 1 saturated carbocycles. The van der Waals surface area contributed by atoms with Crippen LogP contribution in [0.15, 0.2) is 48.5 Å². The van der Waals surface area contributed by atoms with Crippen LogP contribution in [0.5, 0.6) is 0 Å². The number of hydrogen-bond donors (Lipinski definition) is 3. The third kappa shape index (κ3) is 5.61. The van der Waals surface area contributed by atoms with E-state index in [1.807, 2.05) is 53.8 Å². The molecule has 2 amide bonds. The molecular formula is C26H28F2N2O5. The molecule has 0 radical (unpaired) electrons. The van der Waals surface area contributed by atoms with Gasteiger partial charge in [-0.15, -0.1) is 0 Å². The molecule has 1 fully saturated rings. The highest BCUT2D eigenvalue weighted by molar-refractivity contribution is 5.84. The Balaban J connectivity index is 1.30. The number of hydrogen-bond acceptors (Lipinski definition) is 4. The van der Waals surface area contributed by atoms with Crippen molar-refractivity contribution in [1.82, 2.24) is 10.6 Å². The number of alkyl halides is 2. The van der Waals surface area contributed by atoms with Crippen LogP contribution in [0.1, 0.15) is 49.1 Å². The van der Waals surface area contributed by atoms with Crippen LogP contribution in [-0.2, 0) is 14.3 Å². The third-order valence-corrected chi connectivity index (χ3v) is 6.79. The van der Waals surface area contributed by atoms with E-state index in [1.165, 1.54) is 0 Å². The highest BCUT2D eigenvalue weighted by atomic mass is 19.3. The molecule has 0 heterocycles. The molecule has 2 atom stereocenters. The summed E-state index contributed by atoms with van der Waals surface area (Å²) < 4.78 is 34.2. The van der Waals surface area contributed by atoms with Crippen molar-refractivity contribution in [3.05, 3.63) is 59.7 Å². The third-order valence-electron chi connectivity index (χ3n) is 6.79. The second-order valence-corrected chi connectivity index (χ2v) is 9.11. The normalized spacial score (nSPS) is 19.4. The fourth-order valence-corrected chi connectivity index (χ4v) is 5.05. The molecular weight excluding hydrogens is 458 g/mol. The first kappa shape index (κ1) is 24.6. The van der Waals surface area contributed by atoms with E-state index in [0.29, 0.717) is 12.8 Å². The number of fused-ring (bicyclic) bond motifs is 3. The summed E-state index contributed by atoms with van der Waals surface area (Å²) >= 11 is 0. The number of carbonyl (C=O) groups excluding carboxylic acids is 2. The number of carboxylic acids is 1. The van der Waals surface area contributed by atoms with Gasteiger partial charge in [0.1, 0.15) is 6.61 Å². The Bertz CT molecular complexity index is 1060. The lowest BCUT2D eigenvalue weighted by molar-refractivity contribution is -0.147. The molecule has 0 aromatic heterocycles. The largest absolute Gasteiger partial charge is 0.481 e. The smallest absolute Gasteiger partial charge is 0.407 e. The number of amides is 2. The number of rotatable bonds is 8. The Morgan fingerprint density at radius 2 is 1.57 bits per heavy atom. The Morgan fingerprint density at radius 1 is 0.971 bits per heavy atom. The van der Waals surface area contributed by atoms with Crippen LogP contribution in [-0.4, -0.2) is 48.2 Å². The Labute approximate surface area is 201 Å². The van der Waals surface area contributed by atoms with E-state index >= 15 is 0 Å². The zero-order valence-corrected chi connectivity index (χ0v) is 19.1. The van der Waals surface area contributed by atoms with Gasteiger partial charge in [0.15, 0.2) is 0 Å². The van der Waals surface area contributed by atoms with Gasteiger partial charge >= 0.3 is 18.0 Å². The van der Waals surface area contributed by atoms with Crippen molar-refractivity contribution >= 4 is 18.0 Å². The fraction of sp³-hybridized carbons (Fsp3) is 0.423. The minimum atomic E-state index is -3.86. The number of aliphatic carboxylic acids is 1. The van der Waals surface area contributed by atoms with Crippen molar-refractivity contribution in [2.24, 2.45) is 5.92 Å². The van der Waals surface area contributed by atoms with E-state index in [1.54, 1.807) is 0 Å². The van der Waals surface area contributed by atoms with Gasteiger partial charge in [-0.1, -0.05) is 61.4 Å². The maximum absolute atomic E-state index is 14.5. The van der Waals surface area contributed by atoms with Crippen LogP contribution in [0, 0.1) is 5.92 Å². The molecule has 9 heteroatoms. The van der Waals surface area contributed by atoms with Crippen LogP contribution in [0.3, 0.4) is 0 Å². The Morgan fingerprint density at radius 3 is 2.20 bits per heavy atom. The molecule has 2 aliphatic carbocycles. The lowest BCUT2D eigenvalue weighted by atomic mass is 9.82. The molecule has 7 nitrogen and oxygen atoms in total. The van der Waals surface area contributed by atoms with Gasteiger partial charge in [0.25, 0.3) is 5.91 Å². The molecule has 2 aromatic rings. The number of carboxylic acid groups (broad SMARTS) is 1. The standard InChI is InChI=1S/C26H28F2N2O5/c27-26(28,24(33)30-22-12-6-1-7-16(22)13-23(31)32)15-29-25(34)35-14-21-19-10-4-2-8-17(19)18-9-3-5-11-20(18)21/h2-5,8-11,16,21-22H,1,6-7,12-15H2,(H,29,34)(H,30,33)(H,31,32)/t16-,22-/m1/s1. The molecule has 0 spiro atoms. The average molecular weight is 487 g/mol. The summed E-state index contributed by atoms with van der Waals surface area (Å²) in [4.78, 5) is 35.5. The monoisotopic (exact) mass is 486 g/mol. The maximum atomic E-state index is 14.5. The minimum Gasteiger partial charge on any atom is -0.481 e. The van der Waals surface area contributed by atoms with Crippen LogP contribution in [0.2, 0.25) is 0 Å². The van der Waals surface area contributed by atoms with Gasteiger partial charge in [-0.3, -0.25) is 9.59 Å². The first-order chi connectivity index (χ1) is 16.8. The summed E-state index contributed by atoms with van der Waals surface area (Å²) in [5, 5.41) is 13.3. The first-order valence-corrected chi connectivity index (χ1v) is 11.8. The average Bonchev–Trinajstić information content (AvgIpc) is 3.16. The summed E-state index contributed by atoms with van der Waals surface area (Å²) in [6, 6.07) is 14.9. The maximum Gasteiger partial charge on any atom is 0.407 e. The van der Waals surface area contributed by atoms with Gasteiger partial charge in [-0.2, -0.15) is 8.78 Å². The fourth-order valence-electron chi connectivity index (χ4n) is 5.05. The van der Waals surface area contributed by atoms with Crippen molar-refractivity contribution < 1.29 is 33.0 Å². The zero-order valence-electron chi connectivity index (χ0n) is 19.1. The molecule has 0 bridgehead atoms. The van der Waals surface area contributed by atoms with E-state index in [0.717, 1.165) is 35.1 Å². The van der Waals surface area contributed by atoms with Gasteiger partial charge in [-0.25, -0.2) is 4.79 Å². The summed E-state index contributed by atoms with van der Waals surface area (Å²) in [5.74, 6) is -7.03. The quantitative estimate of drug-likeness (QED) is 0.516. The van der Waals surface area contributed by atoms with Crippen LogP contribution < -0.4 is 10.6 Å².